The van der Waals surface area contributed by atoms with Crippen LogP contribution in [0, 0.1) is 34.5 Å². The predicted octanol–water partition coefficient (Wildman–Crippen LogP) is 4.28. The van der Waals surface area contributed by atoms with E-state index in [1.807, 2.05) is 0 Å². The van der Waals surface area contributed by atoms with Crippen molar-refractivity contribution in [1.82, 2.24) is 0 Å². The fraction of sp³-hybridized carbons (Fsp3) is 1.00. The molecule has 5 rings (SSSR count). The van der Waals surface area contributed by atoms with Gasteiger partial charge in [-0.1, -0.05) is 13.8 Å². The van der Waals surface area contributed by atoms with Crippen molar-refractivity contribution in [1.29, 1.82) is 0 Å². The van der Waals surface area contributed by atoms with Gasteiger partial charge in [0.1, 0.15) is 0 Å². The van der Waals surface area contributed by atoms with Crippen molar-refractivity contribution in [3.8, 4) is 0 Å². The molecule has 4 aliphatic carbocycles. The first-order chi connectivity index (χ1) is 13.4. The highest BCUT2D eigenvalue weighted by atomic mass is 16.7. The number of hydrogen-bond acceptors (Lipinski definition) is 4. The van der Waals surface area contributed by atoms with Gasteiger partial charge in [0.15, 0.2) is 5.79 Å². The summed E-state index contributed by atoms with van der Waals surface area (Å²) in [5, 5.41) is 20.4. The van der Waals surface area contributed by atoms with E-state index in [-0.39, 0.29) is 17.8 Å². The van der Waals surface area contributed by atoms with Crippen molar-refractivity contribution < 1.29 is 19.7 Å². The summed E-state index contributed by atoms with van der Waals surface area (Å²) in [6, 6.07) is 0. The minimum Gasteiger partial charge on any atom is -0.396 e. The minimum atomic E-state index is -0.536. The van der Waals surface area contributed by atoms with Crippen LogP contribution in [0.1, 0.15) is 84.5 Å². The first kappa shape index (κ1) is 19.8. The molecule has 5 fully saturated rings. The van der Waals surface area contributed by atoms with Gasteiger partial charge in [0.05, 0.1) is 18.8 Å². The number of ether oxygens (including phenoxy) is 2. The van der Waals surface area contributed by atoms with Crippen LogP contribution >= 0.6 is 0 Å². The largest absolute Gasteiger partial charge is 0.396 e. The van der Waals surface area contributed by atoms with Crippen molar-refractivity contribution >= 4 is 0 Å². The van der Waals surface area contributed by atoms with E-state index in [4.69, 9.17) is 9.47 Å². The van der Waals surface area contributed by atoms with E-state index in [1.165, 1.54) is 32.1 Å². The van der Waals surface area contributed by atoms with Crippen LogP contribution < -0.4 is 0 Å². The topological polar surface area (TPSA) is 58.9 Å². The summed E-state index contributed by atoms with van der Waals surface area (Å²) in [6.07, 6.45) is 12.0. The summed E-state index contributed by atoms with van der Waals surface area (Å²) in [7, 11) is 0. The average Bonchev–Trinajstić information content (AvgIpc) is 3.27. The van der Waals surface area contributed by atoms with E-state index in [9.17, 15) is 10.2 Å². The summed E-state index contributed by atoms with van der Waals surface area (Å²) in [5.41, 5.74) is 0.0269. The van der Waals surface area contributed by atoms with E-state index in [0.29, 0.717) is 11.3 Å². The van der Waals surface area contributed by atoms with Crippen LogP contribution in [0.5, 0.6) is 0 Å². The van der Waals surface area contributed by atoms with E-state index in [1.54, 1.807) is 0 Å². The van der Waals surface area contributed by atoms with E-state index >= 15 is 0 Å². The molecule has 4 nitrogen and oxygen atoms in total. The van der Waals surface area contributed by atoms with Crippen LogP contribution in [0.15, 0.2) is 0 Å². The molecule has 7 atom stereocenters. The van der Waals surface area contributed by atoms with Crippen LogP contribution in [-0.4, -0.2) is 41.4 Å². The second-order valence-corrected chi connectivity index (χ2v) is 11.4. The number of aliphatic hydroxyl groups excluding tert-OH is 1. The molecule has 0 amide bonds. The fourth-order valence-corrected chi connectivity index (χ4v) is 8.84. The van der Waals surface area contributed by atoms with Crippen molar-refractivity contribution in [2.24, 2.45) is 34.5 Å². The summed E-state index contributed by atoms with van der Waals surface area (Å²) < 4.78 is 12.5. The number of rotatable bonds is 3. The van der Waals surface area contributed by atoms with Gasteiger partial charge in [-0.2, -0.15) is 0 Å². The van der Waals surface area contributed by atoms with E-state index in [2.05, 4.69) is 13.8 Å². The molecule has 0 aromatic heterocycles. The van der Waals surface area contributed by atoms with Crippen LogP contribution in [0.2, 0.25) is 0 Å². The first-order valence-corrected chi connectivity index (χ1v) is 12.0. The molecule has 1 saturated heterocycles. The van der Waals surface area contributed by atoms with Crippen LogP contribution in [-0.2, 0) is 9.47 Å². The quantitative estimate of drug-likeness (QED) is 0.753. The molecule has 1 spiro atoms. The molecule has 0 radical (unpaired) electrons. The zero-order valence-electron chi connectivity index (χ0n) is 17.9. The molecule has 0 aromatic carbocycles. The molecule has 5 aliphatic rings. The van der Waals surface area contributed by atoms with Gasteiger partial charge < -0.3 is 19.7 Å². The summed E-state index contributed by atoms with van der Waals surface area (Å²) in [4.78, 5) is 0. The molecular weight excluding hydrogens is 352 g/mol. The number of aliphatic hydroxyl groups is 2. The van der Waals surface area contributed by atoms with Gasteiger partial charge >= 0.3 is 0 Å². The molecule has 1 aliphatic heterocycles. The smallest absolute Gasteiger partial charge is 0.174 e. The van der Waals surface area contributed by atoms with Crippen LogP contribution in [0.25, 0.3) is 0 Å². The zero-order chi connectivity index (χ0) is 19.6. The molecule has 0 bridgehead atoms. The normalized spacial score (nSPS) is 52.3. The Hall–Kier alpha value is -0.160. The van der Waals surface area contributed by atoms with Gasteiger partial charge in [-0.25, -0.2) is 0 Å². The molecule has 160 valence electrons. The lowest BCUT2D eigenvalue weighted by Gasteiger charge is -2.62. The van der Waals surface area contributed by atoms with Crippen molar-refractivity contribution in [3.63, 3.8) is 0 Å². The zero-order valence-corrected chi connectivity index (χ0v) is 17.9. The Balaban J connectivity index is 1.36. The van der Waals surface area contributed by atoms with Gasteiger partial charge in [0.25, 0.3) is 0 Å². The van der Waals surface area contributed by atoms with Crippen molar-refractivity contribution in [2.75, 3.05) is 19.8 Å². The Bertz CT molecular complexity index is 601. The van der Waals surface area contributed by atoms with Crippen LogP contribution in [0.4, 0.5) is 0 Å². The Morgan fingerprint density at radius 2 is 1.64 bits per heavy atom. The van der Waals surface area contributed by atoms with Crippen LogP contribution in [0.3, 0.4) is 0 Å². The SMILES string of the molecule is C[C@]12CC[C@](O)(CCCO)CC1CC[C@@H]1[C@@H]2CC[C@@]2(C)[C@H]1CCC21OCCO1. The maximum Gasteiger partial charge on any atom is 0.174 e. The van der Waals surface area contributed by atoms with E-state index < -0.39 is 5.60 Å². The molecule has 4 heteroatoms. The second kappa shape index (κ2) is 6.67. The summed E-state index contributed by atoms with van der Waals surface area (Å²) in [6.45, 7) is 6.75. The Labute approximate surface area is 170 Å². The lowest BCUT2D eigenvalue weighted by Crippen LogP contribution is -2.58. The van der Waals surface area contributed by atoms with Gasteiger partial charge in [-0.05, 0) is 93.3 Å². The van der Waals surface area contributed by atoms with Gasteiger partial charge in [0, 0.05) is 18.4 Å². The Kier molecular flexibility index (Phi) is 4.71. The summed E-state index contributed by atoms with van der Waals surface area (Å²) >= 11 is 0. The van der Waals surface area contributed by atoms with Crippen molar-refractivity contribution in [3.05, 3.63) is 0 Å². The number of fused-ring (bicyclic) bond motifs is 6. The highest BCUT2D eigenvalue weighted by Gasteiger charge is 2.67. The monoisotopic (exact) mass is 392 g/mol. The highest BCUT2D eigenvalue weighted by molar-refractivity contribution is 5.13. The highest BCUT2D eigenvalue weighted by Crippen LogP contribution is 2.70. The maximum atomic E-state index is 11.1. The predicted molar refractivity (Wildman–Crippen MR) is 108 cm³/mol. The average molecular weight is 393 g/mol. The molecular formula is C24H40O4. The standard InChI is InChI=1S/C24H40O4/c1-21-11-12-23(26,8-3-13-25)16-17(21)4-5-18-19(21)6-9-22(2)20(18)7-10-24(22)27-14-15-28-24/h17-20,25-26H,3-16H2,1-2H3/t17?,18-,19+,20+,21+,22+,23-/m1/s1. The molecule has 0 aromatic rings. The Morgan fingerprint density at radius 1 is 0.893 bits per heavy atom. The maximum absolute atomic E-state index is 11.1. The third-order valence-electron chi connectivity index (χ3n) is 10.4. The minimum absolute atomic E-state index is 0.185. The Morgan fingerprint density at radius 3 is 2.39 bits per heavy atom. The molecule has 28 heavy (non-hydrogen) atoms. The lowest BCUT2D eigenvalue weighted by atomic mass is 9.44. The second-order valence-electron chi connectivity index (χ2n) is 11.4. The molecule has 2 N–H and O–H groups in total. The molecule has 1 unspecified atom stereocenters. The third kappa shape index (κ3) is 2.63. The van der Waals surface area contributed by atoms with Gasteiger partial charge in [-0.15, -0.1) is 0 Å². The lowest BCUT2D eigenvalue weighted by molar-refractivity contribution is -0.249. The summed E-state index contributed by atoms with van der Waals surface area (Å²) in [5.74, 6) is 2.68. The first-order valence-electron chi connectivity index (χ1n) is 12.0. The number of hydrogen-bond donors (Lipinski definition) is 2. The molecule has 1 heterocycles. The fourth-order valence-electron chi connectivity index (χ4n) is 8.84. The van der Waals surface area contributed by atoms with Crippen molar-refractivity contribution in [2.45, 2.75) is 95.9 Å². The molecule has 4 saturated carbocycles. The van der Waals surface area contributed by atoms with Gasteiger partial charge in [-0.3, -0.25) is 0 Å². The van der Waals surface area contributed by atoms with Gasteiger partial charge in [0.2, 0.25) is 0 Å². The van der Waals surface area contributed by atoms with E-state index in [0.717, 1.165) is 69.5 Å². The third-order valence-corrected chi connectivity index (χ3v) is 10.4.